The van der Waals surface area contributed by atoms with Gasteiger partial charge in [-0.3, -0.25) is 0 Å². The van der Waals surface area contributed by atoms with E-state index < -0.39 is 5.79 Å². The highest BCUT2D eigenvalue weighted by Crippen LogP contribution is 2.27. The summed E-state index contributed by atoms with van der Waals surface area (Å²) in [7, 11) is 0. The summed E-state index contributed by atoms with van der Waals surface area (Å²) in [6.07, 6.45) is 1.58. The average molecular weight is 174 g/mol. The molecule has 12 heavy (non-hydrogen) atoms. The van der Waals surface area contributed by atoms with Gasteiger partial charge in [0.15, 0.2) is 5.79 Å². The van der Waals surface area contributed by atoms with E-state index in [1.165, 1.54) is 0 Å². The maximum absolute atomic E-state index is 10.1. The second kappa shape index (κ2) is 3.98. The number of carbonyl (C=O) groups excluding carboxylic acids is 1. The van der Waals surface area contributed by atoms with E-state index in [9.17, 15) is 4.79 Å². The molecule has 1 fully saturated rings. The highest BCUT2D eigenvalue weighted by atomic mass is 16.7. The number of aliphatic hydroxyl groups excluding tert-OH is 1. The lowest BCUT2D eigenvalue weighted by Crippen LogP contribution is -2.27. The minimum absolute atomic E-state index is 0.0311. The van der Waals surface area contributed by atoms with Crippen molar-refractivity contribution in [2.45, 2.75) is 31.7 Å². The minimum atomic E-state index is -0.672. The Morgan fingerprint density at radius 1 is 1.75 bits per heavy atom. The van der Waals surface area contributed by atoms with Gasteiger partial charge >= 0.3 is 0 Å². The van der Waals surface area contributed by atoms with Gasteiger partial charge in [0, 0.05) is 12.8 Å². The van der Waals surface area contributed by atoms with Gasteiger partial charge in [0.25, 0.3) is 0 Å². The summed E-state index contributed by atoms with van der Waals surface area (Å²) in [5, 5.41) is 8.75. The zero-order valence-corrected chi connectivity index (χ0v) is 7.16. The van der Waals surface area contributed by atoms with Crippen molar-refractivity contribution >= 4 is 6.29 Å². The highest BCUT2D eigenvalue weighted by molar-refractivity contribution is 5.49. The monoisotopic (exact) mass is 174 g/mol. The first-order valence-corrected chi connectivity index (χ1v) is 4.06. The van der Waals surface area contributed by atoms with Crippen LogP contribution in [0.5, 0.6) is 0 Å². The topological polar surface area (TPSA) is 55.8 Å². The minimum Gasteiger partial charge on any atom is -0.394 e. The molecule has 0 saturated carbocycles. The first kappa shape index (κ1) is 9.64. The smallest absolute Gasteiger partial charge is 0.166 e. The maximum atomic E-state index is 10.1. The van der Waals surface area contributed by atoms with Crippen molar-refractivity contribution in [3.8, 4) is 0 Å². The van der Waals surface area contributed by atoms with Crippen LogP contribution in [0, 0.1) is 0 Å². The lowest BCUT2D eigenvalue weighted by molar-refractivity contribution is -0.163. The Hall–Kier alpha value is -0.450. The van der Waals surface area contributed by atoms with Crippen molar-refractivity contribution in [3.63, 3.8) is 0 Å². The highest BCUT2D eigenvalue weighted by Gasteiger charge is 2.36. The first-order valence-electron chi connectivity index (χ1n) is 4.06. The molecular formula is C8H14O4. The summed E-state index contributed by atoms with van der Waals surface area (Å²) in [6.45, 7) is 2.16. The van der Waals surface area contributed by atoms with Crippen LogP contribution in [0.1, 0.15) is 19.8 Å². The molecule has 1 rings (SSSR count). The molecule has 4 nitrogen and oxygen atoms in total. The summed E-state index contributed by atoms with van der Waals surface area (Å²) >= 11 is 0. The third-order valence-electron chi connectivity index (χ3n) is 1.91. The molecule has 1 aliphatic rings. The van der Waals surface area contributed by atoms with Crippen LogP contribution >= 0.6 is 0 Å². The van der Waals surface area contributed by atoms with Crippen molar-refractivity contribution in [3.05, 3.63) is 0 Å². The molecule has 0 spiro atoms. The fourth-order valence-corrected chi connectivity index (χ4v) is 1.23. The summed E-state index contributed by atoms with van der Waals surface area (Å²) in [6, 6.07) is 0. The van der Waals surface area contributed by atoms with E-state index in [0.717, 1.165) is 6.29 Å². The normalized spacial score (nSPS) is 35.3. The SMILES string of the molecule is CC1(CCC=O)OCC(CO)O1. The number of ether oxygens (including phenoxy) is 2. The van der Waals surface area contributed by atoms with Gasteiger partial charge in [-0.15, -0.1) is 0 Å². The molecule has 1 N–H and O–H groups in total. The Balaban J connectivity index is 2.35. The van der Waals surface area contributed by atoms with Crippen molar-refractivity contribution < 1.29 is 19.4 Å². The number of carbonyl (C=O) groups is 1. The van der Waals surface area contributed by atoms with E-state index in [1.807, 2.05) is 0 Å². The van der Waals surface area contributed by atoms with Gasteiger partial charge in [0.1, 0.15) is 12.4 Å². The summed E-state index contributed by atoms with van der Waals surface area (Å²) in [5.41, 5.74) is 0. The standard InChI is InChI=1S/C8H14O4/c1-8(3-2-4-9)11-6-7(5-10)12-8/h4,7,10H,2-3,5-6H2,1H3. The number of aliphatic hydroxyl groups is 1. The molecule has 0 amide bonds. The molecule has 0 aromatic heterocycles. The third kappa shape index (κ3) is 2.27. The Morgan fingerprint density at radius 2 is 2.50 bits per heavy atom. The number of rotatable bonds is 4. The van der Waals surface area contributed by atoms with Crippen LogP contribution in [0.15, 0.2) is 0 Å². The van der Waals surface area contributed by atoms with Crippen LogP contribution in [-0.4, -0.2) is 36.5 Å². The molecule has 0 bridgehead atoms. The van der Waals surface area contributed by atoms with E-state index in [2.05, 4.69) is 0 Å². The first-order chi connectivity index (χ1) is 5.70. The van der Waals surface area contributed by atoms with Crippen molar-refractivity contribution in [2.75, 3.05) is 13.2 Å². The van der Waals surface area contributed by atoms with Crippen LogP contribution in [-0.2, 0) is 14.3 Å². The van der Waals surface area contributed by atoms with Gasteiger partial charge in [0.05, 0.1) is 13.2 Å². The van der Waals surface area contributed by atoms with Crippen molar-refractivity contribution in [1.82, 2.24) is 0 Å². The molecule has 2 atom stereocenters. The van der Waals surface area contributed by atoms with Crippen LogP contribution in [0.2, 0.25) is 0 Å². The zero-order valence-electron chi connectivity index (χ0n) is 7.16. The fraction of sp³-hybridized carbons (Fsp3) is 0.875. The molecule has 0 aliphatic carbocycles. The molecule has 0 radical (unpaired) electrons. The van der Waals surface area contributed by atoms with Gasteiger partial charge in [-0.05, 0) is 6.92 Å². The number of hydrogen-bond donors (Lipinski definition) is 1. The lowest BCUT2D eigenvalue weighted by Gasteiger charge is -2.21. The van der Waals surface area contributed by atoms with E-state index in [-0.39, 0.29) is 12.7 Å². The van der Waals surface area contributed by atoms with Gasteiger partial charge in [0.2, 0.25) is 0 Å². The molecule has 1 saturated heterocycles. The average Bonchev–Trinajstić information content (AvgIpc) is 2.45. The van der Waals surface area contributed by atoms with E-state index in [4.69, 9.17) is 14.6 Å². The van der Waals surface area contributed by atoms with Crippen LogP contribution in [0.3, 0.4) is 0 Å². The third-order valence-corrected chi connectivity index (χ3v) is 1.91. The Kier molecular flexibility index (Phi) is 3.20. The summed E-state index contributed by atoms with van der Waals surface area (Å²) in [4.78, 5) is 10.1. The fourth-order valence-electron chi connectivity index (χ4n) is 1.23. The summed E-state index contributed by atoms with van der Waals surface area (Å²) in [5.74, 6) is -0.672. The van der Waals surface area contributed by atoms with Crippen molar-refractivity contribution in [2.24, 2.45) is 0 Å². The van der Waals surface area contributed by atoms with Gasteiger partial charge in [-0.25, -0.2) is 0 Å². The second-order valence-electron chi connectivity index (χ2n) is 3.07. The van der Waals surface area contributed by atoms with E-state index >= 15 is 0 Å². The maximum Gasteiger partial charge on any atom is 0.166 e. The van der Waals surface area contributed by atoms with Crippen LogP contribution < -0.4 is 0 Å². The molecule has 4 heteroatoms. The second-order valence-corrected chi connectivity index (χ2v) is 3.07. The Labute approximate surface area is 71.5 Å². The molecule has 0 aromatic rings. The molecule has 1 aliphatic heterocycles. The van der Waals surface area contributed by atoms with E-state index in [0.29, 0.717) is 19.4 Å². The predicted octanol–water partition coefficient (Wildman–Crippen LogP) is 0.0894. The molecule has 70 valence electrons. The van der Waals surface area contributed by atoms with Crippen LogP contribution in [0.4, 0.5) is 0 Å². The Morgan fingerprint density at radius 3 is 3.00 bits per heavy atom. The van der Waals surface area contributed by atoms with Crippen molar-refractivity contribution in [1.29, 1.82) is 0 Å². The van der Waals surface area contributed by atoms with Crippen LogP contribution in [0.25, 0.3) is 0 Å². The number of hydrogen-bond acceptors (Lipinski definition) is 4. The van der Waals surface area contributed by atoms with E-state index in [1.54, 1.807) is 6.92 Å². The number of aldehydes is 1. The molecule has 2 unspecified atom stereocenters. The predicted molar refractivity (Wildman–Crippen MR) is 41.6 cm³/mol. The molecule has 1 heterocycles. The van der Waals surface area contributed by atoms with Gasteiger partial charge < -0.3 is 19.4 Å². The lowest BCUT2D eigenvalue weighted by atomic mass is 10.2. The molecule has 0 aromatic carbocycles. The Bertz CT molecular complexity index is 159. The van der Waals surface area contributed by atoms with Gasteiger partial charge in [-0.1, -0.05) is 0 Å². The summed E-state index contributed by atoms with van der Waals surface area (Å²) < 4.78 is 10.7. The largest absolute Gasteiger partial charge is 0.394 e. The van der Waals surface area contributed by atoms with Gasteiger partial charge in [-0.2, -0.15) is 0 Å². The zero-order chi connectivity index (χ0) is 9.03. The quantitative estimate of drug-likeness (QED) is 0.614. The molecular weight excluding hydrogens is 160 g/mol.